The Morgan fingerprint density at radius 3 is 2.29 bits per heavy atom. The van der Waals surface area contributed by atoms with Gasteiger partial charge in [0.05, 0.1) is 0 Å². The van der Waals surface area contributed by atoms with E-state index >= 15 is 0 Å². The van der Waals surface area contributed by atoms with Crippen LogP contribution in [0.5, 0.6) is 0 Å². The van der Waals surface area contributed by atoms with Gasteiger partial charge in [0.2, 0.25) is 0 Å². The van der Waals surface area contributed by atoms with Gasteiger partial charge in [0, 0.05) is 17.6 Å². The summed E-state index contributed by atoms with van der Waals surface area (Å²) in [6, 6.07) is 1.29. The number of allylic oxidation sites excluding steroid dienone is 2. The lowest BCUT2D eigenvalue weighted by Gasteiger charge is -2.47. The Kier molecular flexibility index (Phi) is 4.73. The van der Waals surface area contributed by atoms with E-state index in [9.17, 15) is 0 Å². The first kappa shape index (κ1) is 16.8. The molecule has 1 aliphatic heterocycles. The summed E-state index contributed by atoms with van der Waals surface area (Å²) in [4.78, 5) is 2.89. The molecule has 120 valence electrons. The predicted octanol–water partition coefficient (Wildman–Crippen LogP) is 5.58. The monoisotopic (exact) mass is 289 g/mol. The molecule has 1 heterocycles. The van der Waals surface area contributed by atoms with Crippen LogP contribution in [-0.4, -0.2) is 22.5 Å². The van der Waals surface area contributed by atoms with Gasteiger partial charge in [-0.1, -0.05) is 58.4 Å². The lowest BCUT2D eigenvalue weighted by Crippen LogP contribution is -2.54. The molecular weight excluding hydrogens is 254 g/mol. The molecule has 1 aliphatic carbocycles. The molecule has 21 heavy (non-hydrogen) atoms. The summed E-state index contributed by atoms with van der Waals surface area (Å²) in [7, 11) is 0. The zero-order valence-electron chi connectivity index (χ0n) is 15.2. The molecule has 0 bridgehead atoms. The summed E-state index contributed by atoms with van der Waals surface area (Å²) in [6.45, 7) is 16.9. The summed E-state index contributed by atoms with van der Waals surface area (Å²) in [5, 5.41) is 0. The molecule has 0 radical (unpaired) electrons. The van der Waals surface area contributed by atoms with E-state index in [1.54, 1.807) is 5.57 Å². The maximum atomic E-state index is 2.89. The summed E-state index contributed by atoms with van der Waals surface area (Å²) in [6.07, 6.45) is 12.1. The topological polar surface area (TPSA) is 3.24 Å². The lowest BCUT2D eigenvalue weighted by atomic mass is 9.80. The van der Waals surface area contributed by atoms with Crippen molar-refractivity contribution in [3.63, 3.8) is 0 Å². The van der Waals surface area contributed by atoms with Crippen molar-refractivity contribution < 1.29 is 0 Å². The fraction of sp³-hybridized carbons (Fsp3) is 0.800. The molecule has 0 spiro atoms. The van der Waals surface area contributed by atoms with Gasteiger partial charge in [0.1, 0.15) is 0 Å². The average Bonchev–Trinajstić information content (AvgIpc) is 2.60. The summed E-state index contributed by atoms with van der Waals surface area (Å²) in [5.41, 5.74) is 2.34. The highest BCUT2D eigenvalue weighted by Gasteiger charge is 2.53. The van der Waals surface area contributed by atoms with Crippen molar-refractivity contribution in [2.45, 2.75) is 91.8 Å². The third-order valence-electron chi connectivity index (χ3n) is 5.85. The third kappa shape index (κ3) is 2.86. The van der Waals surface area contributed by atoms with Crippen LogP contribution in [0, 0.1) is 11.3 Å². The van der Waals surface area contributed by atoms with Crippen molar-refractivity contribution in [3.05, 3.63) is 23.8 Å². The maximum Gasteiger partial charge on any atom is 0.0381 e. The van der Waals surface area contributed by atoms with Crippen LogP contribution in [0.1, 0.15) is 74.1 Å². The zero-order chi connectivity index (χ0) is 15.8. The smallest absolute Gasteiger partial charge is 0.0381 e. The van der Waals surface area contributed by atoms with Gasteiger partial charge in [-0.2, -0.15) is 0 Å². The minimum Gasteiger partial charge on any atom is -0.287 e. The fourth-order valence-electron chi connectivity index (χ4n) is 5.31. The van der Waals surface area contributed by atoms with Gasteiger partial charge in [-0.05, 0) is 50.9 Å². The van der Waals surface area contributed by atoms with Crippen molar-refractivity contribution in [2.75, 3.05) is 0 Å². The van der Waals surface area contributed by atoms with Crippen LogP contribution in [0.25, 0.3) is 0 Å². The molecule has 1 nitrogen and oxygen atoms in total. The Morgan fingerprint density at radius 2 is 1.76 bits per heavy atom. The van der Waals surface area contributed by atoms with Crippen molar-refractivity contribution in [2.24, 2.45) is 11.3 Å². The van der Waals surface area contributed by atoms with E-state index in [2.05, 4.69) is 71.6 Å². The van der Waals surface area contributed by atoms with Crippen LogP contribution in [0.3, 0.4) is 0 Å². The first-order valence-corrected chi connectivity index (χ1v) is 8.94. The van der Waals surface area contributed by atoms with Crippen molar-refractivity contribution in [1.82, 2.24) is 4.90 Å². The predicted molar refractivity (Wildman–Crippen MR) is 93.5 cm³/mol. The molecule has 0 N–H and O–H groups in total. The van der Waals surface area contributed by atoms with Crippen molar-refractivity contribution >= 4 is 0 Å². The Labute approximate surface area is 132 Å². The van der Waals surface area contributed by atoms with Gasteiger partial charge in [0.15, 0.2) is 0 Å². The van der Waals surface area contributed by atoms with Crippen LogP contribution in [0.15, 0.2) is 23.8 Å². The largest absolute Gasteiger partial charge is 0.287 e. The summed E-state index contributed by atoms with van der Waals surface area (Å²) >= 11 is 0. The second-order valence-corrected chi connectivity index (χ2v) is 8.31. The number of nitrogens with zero attached hydrogens (tertiary/aromatic N) is 1. The van der Waals surface area contributed by atoms with Crippen molar-refractivity contribution in [1.29, 1.82) is 0 Å². The number of hydrogen-bond acceptors (Lipinski definition) is 1. The Balaban J connectivity index is 2.45. The molecule has 1 fully saturated rings. The van der Waals surface area contributed by atoms with E-state index in [0.717, 1.165) is 0 Å². The molecule has 0 amide bonds. The normalized spacial score (nSPS) is 35.0. The first-order chi connectivity index (χ1) is 9.78. The quantitative estimate of drug-likeness (QED) is 0.653. The van der Waals surface area contributed by atoms with Gasteiger partial charge in [0.25, 0.3) is 0 Å². The highest BCUT2D eigenvalue weighted by molar-refractivity contribution is 5.28. The molecule has 0 aromatic heterocycles. The van der Waals surface area contributed by atoms with E-state index in [1.807, 2.05) is 0 Å². The second-order valence-electron chi connectivity index (χ2n) is 8.31. The average molecular weight is 290 g/mol. The zero-order valence-corrected chi connectivity index (χ0v) is 15.2. The SMILES string of the molecule is CCC1=CC=CC(CC)[C@@H]1N1C(CC)C(C)(C)CC1(C)C. The molecule has 2 aliphatic rings. The van der Waals surface area contributed by atoms with Gasteiger partial charge < -0.3 is 0 Å². The van der Waals surface area contributed by atoms with Crippen LogP contribution < -0.4 is 0 Å². The minimum atomic E-state index is 0.293. The van der Waals surface area contributed by atoms with Crippen LogP contribution in [0.4, 0.5) is 0 Å². The van der Waals surface area contributed by atoms with E-state index in [1.165, 1.54) is 25.7 Å². The highest BCUT2D eigenvalue weighted by Crippen LogP contribution is 2.51. The third-order valence-corrected chi connectivity index (χ3v) is 5.85. The molecule has 2 unspecified atom stereocenters. The molecule has 1 heteroatoms. The van der Waals surface area contributed by atoms with E-state index in [-0.39, 0.29) is 0 Å². The summed E-state index contributed by atoms with van der Waals surface area (Å²) in [5.74, 6) is 0.673. The van der Waals surface area contributed by atoms with Crippen LogP contribution in [-0.2, 0) is 0 Å². The molecule has 1 saturated heterocycles. The van der Waals surface area contributed by atoms with Gasteiger partial charge in [-0.15, -0.1) is 0 Å². The van der Waals surface area contributed by atoms with Gasteiger partial charge in [-0.25, -0.2) is 0 Å². The van der Waals surface area contributed by atoms with Crippen LogP contribution in [0.2, 0.25) is 0 Å². The number of likely N-dealkylation sites (tertiary alicyclic amines) is 1. The van der Waals surface area contributed by atoms with Gasteiger partial charge >= 0.3 is 0 Å². The van der Waals surface area contributed by atoms with E-state index in [4.69, 9.17) is 0 Å². The van der Waals surface area contributed by atoms with E-state index < -0.39 is 0 Å². The van der Waals surface area contributed by atoms with E-state index in [0.29, 0.717) is 29.0 Å². The molecule has 0 aromatic rings. The van der Waals surface area contributed by atoms with Crippen LogP contribution >= 0.6 is 0 Å². The number of rotatable bonds is 4. The lowest BCUT2D eigenvalue weighted by molar-refractivity contribution is 0.0524. The molecule has 0 saturated carbocycles. The highest BCUT2D eigenvalue weighted by atomic mass is 15.3. The van der Waals surface area contributed by atoms with Crippen molar-refractivity contribution in [3.8, 4) is 0 Å². The number of hydrogen-bond donors (Lipinski definition) is 0. The minimum absolute atomic E-state index is 0.293. The first-order valence-electron chi connectivity index (χ1n) is 8.94. The summed E-state index contributed by atoms with van der Waals surface area (Å²) < 4.78 is 0. The second kappa shape index (κ2) is 5.91. The standard InChI is InChI=1S/C20H35N/c1-8-15-12-11-13-16(9-2)18(15)21-17(10-3)19(4,5)14-20(21,6)7/h11-13,15,17-18H,8-10,14H2,1-7H3/t15?,17?,18-/m0/s1. The van der Waals surface area contributed by atoms with Gasteiger partial charge in [-0.3, -0.25) is 4.90 Å². The molecule has 3 atom stereocenters. The molecule has 0 aromatic carbocycles. The fourth-order valence-corrected chi connectivity index (χ4v) is 5.31. The molecular formula is C20H35N. The Morgan fingerprint density at radius 1 is 1.10 bits per heavy atom. The Bertz CT molecular complexity index is 427. The Hall–Kier alpha value is -0.560. The maximum absolute atomic E-state index is 2.89. The molecule has 2 rings (SSSR count).